The zero-order chi connectivity index (χ0) is 24.8. The van der Waals surface area contributed by atoms with Crippen LogP contribution in [0.2, 0.25) is 0 Å². The highest BCUT2D eigenvalue weighted by Gasteiger charge is 2.17. The highest BCUT2D eigenvalue weighted by atomic mass is 16.3. The van der Waals surface area contributed by atoms with Gasteiger partial charge in [-0.2, -0.15) is 5.10 Å². The standard InChI is InChI=1S/C30H28N6O/c1-2-19-12-20(17-36-9-3-4-10-36)14-22(13-19)23-15-25-28(34-35-29(25)31-16-23)30-32-26-7-5-6-24(27(26)33-30)21-8-11-37-18-21/h5-8,11-16,18H,2-4,9-10,17H2,1H3,(H,32,33)(H,31,34,35). The molecule has 0 unspecified atom stereocenters. The van der Waals surface area contributed by atoms with Gasteiger partial charge in [0.25, 0.3) is 0 Å². The fraction of sp³-hybridized carbons (Fsp3) is 0.233. The number of hydrogen-bond acceptors (Lipinski definition) is 5. The summed E-state index contributed by atoms with van der Waals surface area (Å²) >= 11 is 0. The van der Waals surface area contributed by atoms with Gasteiger partial charge in [-0.25, -0.2) is 9.97 Å². The predicted octanol–water partition coefficient (Wildman–Crippen LogP) is 6.59. The van der Waals surface area contributed by atoms with Crippen LogP contribution in [-0.2, 0) is 13.0 Å². The molecule has 0 saturated carbocycles. The highest BCUT2D eigenvalue weighted by molar-refractivity contribution is 5.97. The molecule has 7 rings (SSSR count). The number of fused-ring (bicyclic) bond motifs is 2. The maximum atomic E-state index is 5.31. The number of rotatable bonds is 6. The highest BCUT2D eigenvalue weighted by Crippen LogP contribution is 2.33. The Kier molecular flexibility index (Phi) is 5.36. The van der Waals surface area contributed by atoms with E-state index in [2.05, 4.69) is 57.3 Å². The lowest BCUT2D eigenvalue weighted by Crippen LogP contribution is -2.18. The molecule has 5 heterocycles. The normalized spacial score (nSPS) is 14.3. The number of imidazole rings is 1. The summed E-state index contributed by atoms with van der Waals surface area (Å²) < 4.78 is 5.31. The molecule has 7 nitrogen and oxygen atoms in total. The number of nitrogens with zero attached hydrogens (tertiary/aromatic N) is 4. The summed E-state index contributed by atoms with van der Waals surface area (Å²) in [7, 11) is 0. The van der Waals surface area contributed by atoms with Crippen LogP contribution in [0.5, 0.6) is 0 Å². The van der Waals surface area contributed by atoms with Gasteiger partial charge in [0, 0.05) is 29.4 Å². The van der Waals surface area contributed by atoms with E-state index in [0.717, 1.165) is 57.6 Å². The van der Waals surface area contributed by atoms with Gasteiger partial charge in [-0.3, -0.25) is 10.00 Å². The van der Waals surface area contributed by atoms with Crippen molar-refractivity contribution in [3.63, 3.8) is 0 Å². The van der Waals surface area contributed by atoms with Gasteiger partial charge in [-0.15, -0.1) is 0 Å². The van der Waals surface area contributed by atoms with Crippen molar-refractivity contribution in [2.24, 2.45) is 0 Å². The van der Waals surface area contributed by atoms with Crippen molar-refractivity contribution in [2.45, 2.75) is 32.7 Å². The minimum Gasteiger partial charge on any atom is -0.472 e. The topological polar surface area (TPSA) is 86.6 Å². The van der Waals surface area contributed by atoms with E-state index in [1.807, 2.05) is 24.4 Å². The van der Waals surface area contributed by atoms with Crippen LogP contribution >= 0.6 is 0 Å². The van der Waals surface area contributed by atoms with E-state index in [4.69, 9.17) is 14.4 Å². The third-order valence-corrected chi connectivity index (χ3v) is 7.39. The monoisotopic (exact) mass is 488 g/mol. The molecule has 7 heteroatoms. The lowest BCUT2D eigenvalue weighted by atomic mass is 9.98. The van der Waals surface area contributed by atoms with Crippen molar-refractivity contribution >= 4 is 22.1 Å². The number of aromatic nitrogens is 5. The Morgan fingerprint density at radius 2 is 1.86 bits per heavy atom. The summed E-state index contributed by atoms with van der Waals surface area (Å²) in [5.74, 6) is 0.740. The zero-order valence-electron chi connectivity index (χ0n) is 20.8. The van der Waals surface area contributed by atoms with Gasteiger partial charge in [0.2, 0.25) is 0 Å². The van der Waals surface area contributed by atoms with Gasteiger partial charge in [-0.1, -0.05) is 31.2 Å². The van der Waals surface area contributed by atoms with Crippen molar-refractivity contribution in [1.29, 1.82) is 0 Å². The van der Waals surface area contributed by atoms with Crippen LogP contribution in [0.15, 0.2) is 71.7 Å². The fourth-order valence-electron chi connectivity index (χ4n) is 5.46. The number of likely N-dealkylation sites (tertiary alicyclic amines) is 1. The van der Waals surface area contributed by atoms with Crippen LogP contribution in [0, 0.1) is 0 Å². The number of hydrogen-bond donors (Lipinski definition) is 2. The Bertz CT molecular complexity index is 1710. The van der Waals surface area contributed by atoms with E-state index in [1.54, 1.807) is 12.5 Å². The minimum absolute atomic E-state index is 0.679. The molecule has 0 bridgehead atoms. The molecule has 184 valence electrons. The average molecular weight is 489 g/mol. The van der Waals surface area contributed by atoms with E-state index in [9.17, 15) is 0 Å². The first-order chi connectivity index (χ1) is 18.2. The van der Waals surface area contributed by atoms with Crippen molar-refractivity contribution in [1.82, 2.24) is 30.0 Å². The van der Waals surface area contributed by atoms with Gasteiger partial charge in [0.05, 0.1) is 28.9 Å². The van der Waals surface area contributed by atoms with Crippen molar-refractivity contribution < 1.29 is 4.42 Å². The summed E-state index contributed by atoms with van der Waals surface area (Å²) in [6.07, 6.45) is 8.96. The maximum Gasteiger partial charge on any atom is 0.181 e. The number of furan rings is 1. The fourth-order valence-corrected chi connectivity index (χ4v) is 5.46. The van der Waals surface area contributed by atoms with Crippen LogP contribution in [0.25, 0.3) is 55.8 Å². The molecule has 37 heavy (non-hydrogen) atoms. The van der Waals surface area contributed by atoms with Crippen LogP contribution in [-0.4, -0.2) is 43.1 Å². The number of pyridine rings is 1. The first-order valence-electron chi connectivity index (χ1n) is 13.0. The second kappa shape index (κ2) is 9.01. The molecule has 4 aromatic heterocycles. The first kappa shape index (κ1) is 22.0. The van der Waals surface area contributed by atoms with E-state index < -0.39 is 0 Å². The van der Waals surface area contributed by atoms with Crippen LogP contribution < -0.4 is 0 Å². The lowest BCUT2D eigenvalue weighted by Gasteiger charge is -2.16. The SMILES string of the molecule is CCc1cc(CN2CCCC2)cc(-c2cnc3n[nH]c(-c4nc5c(-c6ccoc6)cccc5[nH]4)c3c2)c1. The van der Waals surface area contributed by atoms with E-state index in [1.165, 1.54) is 42.6 Å². The smallest absolute Gasteiger partial charge is 0.181 e. The molecule has 2 N–H and O–H groups in total. The van der Waals surface area contributed by atoms with Gasteiger partial charge in [-0.05, 0) is 73.3 Å². The molecule has 0 aliphatic carbocycles. The molecule has 1 aliphatic rings. The molecular formula is C30H28N6O. The Morgan fingerprint density at radius 3 is 2.70 bits per heavy atom. The zero-order valence-corrected chi connectivity index (χ0v) is 20.8. The summed E-state index contributed by atoms with van der Waals surface area (Å²) in [5, 5.41) is 8.60. The Balaban J connectivity index is 1.30. The summed E-state index contributed by atoms with van der Waals surface area (Å²) in [4.78, 5) is 15.7. The predicted molar refractivity (Wildman–Crippen MR) is 146 cm³/mol. The number of H-pyrrole nitrogens is 2. The number of aryl methyl sites for hydroxylation is 1. The molecule has 6 aromatic rings. The summed E-state index contributed by atoms with van der Waals surface area (Å²) in [5.41, 5.74) is 10.4. The molecule has 0 atom stereocenters. The van der Waals surface area contributed by atoms with Crippen LogP contribution in [0.1, 0.15) is 30.9 Å². The van der Waals surface area contributed by atoms with E-state index in [-0.39, 0.29) is 0 Å². The minimum atomic E-state index is 0.679. The Labute approximate surface area is 214 Å². The number of para-hydroxylation sites is 1. The van der Waals surface area contributed by atoms with Gasteiger partial charge in [0.15, 0.2) is 11.5 Å². The molecule has 2 aromatic carbocycles. The van der Waals surface area contributed by atoms with Crippen molar-refractivity contribution in [2.75, 3.05) is 13.1 Å². The maximum absolute atomic E-state index is 5.31. The molecule has 1 fully saturated rings. The summed E-state index contributed by atoms with van der Waals surface area (Å²) in [6.45, 7) is 5.61. The van der Waals surface area contributed by atoms with Crippen molar-refractivity contribution in [3.8, 4) is 33.8 Å². The molecule has 1 aliphatic heterocycles. The molecular weight excluding hydrogens is 460 g/mol. The Hall–Kier alpha value is -4.23. The van der Waals surface area contributed by atoms with E-state index >= 15 is 0 Å². The van der Waals surface area contributed by atoms with Crippen LogP contribution in [0.4, 0.5) is 0 Å². The number of benzene rings is 2. The van der Waals surface area contributed by atoms with Gasteiger partial charge < -0.3 is 9.40 Å². The van der Waals surface area contributed by atoms with Crippen LogP contribution in [0.3, 0.4) is 0 Å². The third-order valence-electron chi connectivity index (χ3n) is 7.39. The summed E-state index contributed by atoms with van der Waals surface area (Å²) in [6, 6.07) is 17.2. The largest absolute Gasteiger partial charge is 0.472 e. The molecule has 0 amide bonds. The quantitative estimate of drug-likeness (QED) is 0.276. The molecule has 0 radical (unpaired) electrons. The number of nitrogens with one attached hydrogen (secondary N) is 2. The molecule has 0 spiro atoms. The second-order valence-corrected chi connectivity index (χ2v) is 9.87. The van der Waals surface area contributed by atoms with Crippen molar-refractivity contribution in [3.05, 3.63) is 78.4 Å². The van der Waals surface area contributed by atoms with Gasteiger partial charge >= 0.3 is 0 Å². The first-order valence-corrected chi connectivity index (χ1v) is 13.0. The Morgan fingerprint density at radius 1 is 0.973 bits per heavy atom. The third kappa shape index (κ3) is 4.01. The van der Waals surface area contributed by atoms with Gasteiger partial charge in [0.1, 0.15) is 5.69 Å². The second-order valence-electron chi connectivity index (χ2n) is 9.87. The number of aromatic amines is 2. The van der Waals surface area contributed by atoms with E-state index in [0.29, 0.717) is 5.65 Å². The molecule has 1 saturated heterocycles. The lowest BCUT2D eigenvalue weighted by molar-refractivity contribution is 0.331. The average Bonchev–Trinajstić information content (AvgIpc) is 3.73.